The summed E-state index contributed by atoms with van der Waals surface area (Å²) >= 11 is 0. The number of nitrogens with zero attached hydrogens (tertiary/aromatic N) is 1. The number of rotatable bonds is 4. The summed E-state index contributed by atoms with van der Waals surface area (Å²) in [4.78, 5) is 25.2. The molecule has 19 heavy (non-hydrogen) atoms. The van der Waals surface area contributed by atoms with Gasteiger partial charge in [-0.2, -0.15) is 0 Å². The smallest absolute Gasteiger partial charge is 0.232 e. The molecule has 1 saturated heterocycles. The molecule has 0 aliphatic carbocycles. The Morgan fingerprint density at radius 1 is 1.05 bits per heavy atom. The second kappa shape index (κ2) is 5.43. The first-order valence-electron chi connectivity index (χ1n) is 6.70. The van der Waals surface area contributed by atoms with Crippen molar-refractivity contribution in [1.82, 2.24) is 4.90 Å². The van der Waals surface area contributed by atoms with Crippen molar-refractivity contribution in [3.63, 3.8) is 0 Å². The molecule has 0 saturated carbocycles. The number of hydrogen-bond acceptors (Lipinski definition) is 3. The highest BCUT2D eigenvalue weighted by atomic mass is 16.2. The molecule has 4 heteroatoms. The van der Waals surface area contributed by atoms with Gasteiger partial charge in [0, 0.05) is 24.1 Å². The normalized spacial score (nSPS) is 23.2. The van der Waals surface area contributed by atoms with Crippen molar-refractivity contribution in [3.05, 3.63) is 29.8 Å². The van der Waals surface area contributed by atoms with Gasteiger partial charge in [0.2, 0.25) is 11.8 Å². The lowest BCUT2D eigenvalue weighted by Crippen LogP contribution is -2.32. The fourth-order valence-electron chi connectivity index (χ4n) is 2.37. The van der Waals surface area contributed by atoms with E-state index in [1.165, 1.54) is 10.5 Å². The molecule has 2 rings (SSSR count). The molecule has 2 unspecified atom stereocenters. The van der Waals surface area contributed by atoms with E-state index in [0.29, 0.717) is 6.54 Å². The average Bonchev–Trinajstić information content (AvgIpc) is 2.58. The highest BCUT2D eigenvalue weighted by Gasteiger charge is 2.41. The molecule has 0 spiro atoms. The lowest BCUT2D eigenvalue weighted by Gasteiger charge is -2.14. The molecule has 102 valence electrons. The quantitative estimate of drug-likeness (QED) is 0.663. The Bertz CT molecular complexity index is 461. The zero-order chi connectivity index (χ0) is 14.0. The molecule has 0 aromatic heterocycles. The predicted octanol–water partition coefficient (Wildman–Crippen LogP) is 1.84. The number of carbonyl (C=O) groups is 2. The van der Waals surface area contributed by atoms with Crippen LogP contribution in [0.5, 0.6) is 0 Å². The highest BCUT2D eigenvalue weighted by Crippen LogP contribution is 2.25. The van der Waals surface area contributed by atoms with E-state index >= 15 is 0 Å². The average molecular weight is 260 g/mol. The summed E-state index contributed by atoms with van der Waals surface area (Å²) in [5, 5.41) is 0. The highest BCUT2D eigenvalue weighted by molar-refractivity contribution is 6.04. The number of carbonyl (C=O) groups excluding carboxylic acids is 2. The first kappa shape index (κ1) is 13.6. The minimum Gasteiger partial charge on any atom is -0.399 e. The minimum atomic E-state index is -0.177. The van der Waals surface area contributed by atoms with Crippen LogP contribution >= 0.6 is 0 Å². The first-order chi connectivity index (χ1) is 9.00. The number of hydrogen-bond donors (Lipinski definition) is 1. The van der Waals surface area contributed by atoms with Gasteiger partial charge in [-0.3, -0.25) is 14.5 Å². The third-order valence-corrected chi connectivity index (χ3v) is 3.89. The van der Waals surface area contributed by atoms with Crippen LogP contribution in [0.3, 0.4) is 0 Å². The van der Waals surface area contributed by atoms with E-state index in [1.807, 2.05) is 38.1 Å². The predicted molar refractivity (Wildman–Crippen MR) is 74.2 cm³/mol. The topological polar surface area (TPSA) is 63.4 Å². The fourth-order valence-corrected chi connectivity index (χ4v) is 2.37. The molecule has 1 fully saturated rings. The van der Waals surface area contributed by atoms with Crippen molar-refractivity contribution < 1.29 is 9.59 Å². The van der Waals surface area contributed by atoms with Gasteiger partial charge in [-0.25, -0.2) is 0 Å². The summed E-state index contributed by atoms with van der Waals surface area (Å²) in [6.45, 7) is 4.16. The van der Waals surface area contributed by atoms with Crippen molar-refractivity contribution in [3.8, 4) is 0 Å². The molecule has 0 radical (unpaired) electrons. The summed E-state index contributed by atoms with van der Waals surface area (Å²) in [6.07, 6.45) is 1.64. The van der Waals surface area contributed by atoms with E-state index in [4.69, 9.17) is 5.73 Å². The van der Waals surface area contributed by atoms with Gasteiger partial charge in [0.25, 0.3) is 0 Å². The van der Waals surface area contributed by atoms with Crippen molar-refractivity contribution in [2.45, 2.75) is 26.7 Å². The van der Waals surface area contributed by atoms with E-state index in [-0.39, 0.29) is 23.7 Å². The van der Waals surface area contributed by atoms with Gasteiger partial charge in [-0.05, 0) is 30.5 Å². The van der Waals surface area contributed by atoms with Crippen LogP contribution in [0.1, 0.15) is 25.8 Å². The Kier molecular flexibility index (Phi) is 3.88. The number of amides is 2. The molecule has 2 N–H and O–H groups in total. The maximum Gasteiger partial charge on any atom is 0.232 e. The maximum absolute atomic E-state index is 11.9. The molecule has 2 amide bonds. The molecule has 1 heterocycles. The molecule has 1 aromatic rings. The summed E-state index contributed by atoms with van der Waals surface area (Å²) in [7, 11) is 0. The Morgan fingerprint density at radius 3 is 2.11 bits per heavy atom. The van der Waals surface area contributed by atoms with Gasteiger partial charge in [-0.15, -0.1) is 0 Å². The van der Waals surface area contributed by atoms with E-state index in [1.54, 1.807) is 0 Å². The minimum absolute atomic E-state index is 0.0326. The third-order valence-electron chi connectivity index (χ3n) is 3.89. The summed E-state index contributed by atoms with van der Waals surface area (Å²) in [6, 6.07) is 7.69. The molecule has 1 aliphatic rings. The van der Waals surface area contributed by atoms with E-state index < -0.39 is 0 Å². The Morgan fingerprint density at radius 2 is 1.58 bits per heavy atom. The van der Waals surface area contributed by atoms with Crippen LogP contribution < -0.4 is 5.73 Å². The van der Waals surface area contributed by atoms with Crippen LogP contribution in [0.4, 0.5) is 5.69 Å². The van der Waals surface area contributed by atoms with Crippen LogP contribution in [-0.4, -0.2) is 23.3 Å². The second-order valence-corrected chi connectivity index (χ2v) is 5.25. The van der Waals surface area contributed by atoms with Crippen molar-refractivity contribution in [2.75, 3.05) is 12.3 Å². The molecular formula is C15H20N2O2. The zero-order valence-electron chi connectivity index (χ0n) is 11.4. The summed E-state index contributed by atoms with van der Waals surface area (Å²) in [5.41, 5.74) is 7.55. The van der Waals surface area contributed by atoms with Crippen molar-refractivity contribution in [2.24, 2.45) is 11.8 Å². The number of benzene rings is 1. The number of nitrogens with two attached hydrogens (primary N) is 1. The number of anilines is 1. The summed E-state index contributed by atoms with van der Waals surface area (Å²) in [5.74, 6) is -0.419. The summed E-state index contributed by atoms with van der Waals surface area (Å²) < 4.78 is 0. The van der Waals surface area contributed by atoms with Gasteiger partial charge < -0.3 is 5.73 Å². The van der Waals surface area contributed by atoms with Gasteiger partial charge >= 0.3 is 0 Å². The zero-order valence-corrected chi connectivity index (χ0v) is 11.4. The molecule has 2 atom stereocenters. The van der Waals surface area contributed by atoms with Crippen LogP contribution in [-0.2, 0) is 16.0 Å². The number of likely N-dealkylation sites (tertiary alicyclic amines) is 1. The lowest BCUT2D eigenvalue weighted by molar-refractivity contribution is -0.139. The third kappa shape index (κ3) is 2.78. The lowest BCUT2D eigenvalue weighted by atomic mass is 10.00. The van der Waals surface area contributed by atoms with Crippen LogP contribution in [0, 0.1) is 11.8 Å². The van der Waals surface area contributed by atoms with Crippen LogP contribution in [0.25, 0.3) is 0 Å². The molecular weight excluding hydrogens is 240 g/mol. The molecule has 4 nitrogen and oxygen atoms in total. The van der Waals surface area contributed by atoms with Crippen molar-refractivity contribution >= 4 is 17.5 Å². The standard InChI is InChI=1S/C15H20N2O2/c1-10-11(2)15(19)17(14(10)18)9-3-4-12-5-7-13(16)8-6-12/h5-8,10-11H,3-4,9,16H2,1-2H3. The van der Waals surface area contributed by atoms with Gasteiger partial charge in [0.1, 0.15) is 0 Å². The van der Waals surface area contributed by atoms with Crippen LogP contribution in [0.15, 0.2) is 24.3 Å². The van der Waals surface area contributed by atoms with Gasteiger partial charge in [0.05, 0.1) is 0 Å². The van der Waals surface area contributed by atoms with Crippen LogP contribution in [0.2, 0.25) is 0 Å². The number of nitrogen functional groups attached to an aromatic ring is 1. The molecule has 0 bridgehead atoms. The van der Waals surface area contributed by atoms with E-state index in [0.717, 1.165) is 18.5 Å². The Balaban J connectivity index is 1.88. The maximum atomic E-state index is 11.9. The monoisotopic (exact) mass is 260 g/mol. The van der Waals surface area contributed by atoms with Gasteiger partial charge in [-0.1, -0.05) is 26.0 Å². The van der Waals surface area contributed by atoms with Crippen molar-refractivity contribution in [1.29, 1.82) is 0 Å². The van der Waals surface area contributed by atoms with E-state index in [2.05, 4.69) is 0 Å². The first-order valence-corrected chi connectivity index (χ1v) is 6.70. The Labute approximate surface area is 113 Å². The molecule has 1 aliphatic heterocycles. The fraction of sp³-hybridized carbons (Fsp3) is 0.467. The SMILES string of the molecule is CC1C(=O)N(CCCc2ccc(N)cc2)C(=O)C1C. The molecule has 1 aromatic carbocycles. The number of imide groups is 1. The number of aryl methyl sites for hydroxylation is 1. The Hall–Kier alpha value is -1.84. The largest absolute Gasteiger partial charge is 0.399 e. The van der Waals surface area contributed by atoms with Gasteiger partial charge in [0.15, 0.2) is 0 Å². The second-order valence-electron chi connectivity index (χ2n) is 5.25. The van der Waals surface area contributed by atoms with E-state index in [9.17, 15) is 9.59 Å².